The molecular weight excluding hydrogens is 370 g/mol. The molecule has 1 heterocycles. The highest BCUT2D eigenvalue weighted by Gasteiger charge is 2.19. The lowest BCUT2D eigenvalue weighted by Crippen LogP contribution is -2.45. The lowest BCUT2D eigenvalue weighted by molar-refractivity contribution is -0.127. The highest BCUT2D eigenvalue weighted by atomic mass is 35.5. The molecule has 0 fully saturated rings. The number of benzene rings is 1. The maximum absolute atomic E-state index is 12.3. The van der Waals surface area contributed by atoms with Crippen molar-refractivity contribution in [3.63, 3.8) is 0 Å². The number of thiophene rings is 1. The zero-order valence-corrected chi connectivity index (χ0v) is 17.0. The van der Waals surface area contributed by atoms with E-state index in [4.69, 9.17) is 11.6 Å². The maximum Gasteiger partial charge on any atom is 0.243 e. The summed E-state index contributed by atoms with van der Waals surface area (Å²) >= 11 is 7.43. The van der Waals surface area contributed by atoms with E-state index in [0.717, 1.165) is 26.0 Å². The number of nitrogens with zero attached hydrogens (tertiary/aromatic N) is 1. The van der Waals surface area contributed by atoms with Crippen molar-refractivity contribution in [3.8, 4) is 0 Å². The van der Waals surface area contributed by atoms with Gasteiger partial charge in [0, 0.05) is 17.1 Å². The topological polar surface area (TPSA) is 61.4 Å². The van der Waals surface area contributed by atoms with Crippen molar-refractivity contribution in [1.29, 1.82) is 0 Å². The van der Waals surface area contributed by atoms with Crippen LogP contribution in [-0.2, 0) is 16.1 Å². The number of aryl methyl sites for hydroxylation is 2. The van der Waals surface area contributed by atoms with E-state index in [1.165, 1.54) is 11.3 Å². The molecule has 0 saturated carbocycles. The van der Waals surface area contributed by atoms with Gasteiger partial charge < -0.3 is 10.6 Å². The smallest absolute Gasteiger partial charge is 0.243 e. The van der Waals surface area contributed by atoms with Crippen LogP contribution in [0.2, 0.25) is 4.34 Å². The van der Waals surface area contributed by atoms with E-state index in [1.807, 2.05) is 63.1 Å². The number of carbonyl (C=O) groups excluding carboxylic acids is 2. The Morgan fingerprint density at radius 3 is 2.42 bits per heavy atom. The minimum absolute atomic E-state index is 0.0599. The van der Waals surface area contributed by atoms with Gasteiger partial charge in [0.25, 0.3) is 0 Å². The summed E-state index contributed by atoms with van der Waals surface area (Å²) in [7, 11) is 1.87. The van der Waals surface area contributed by atoms with Crippen LogP contribution in [0.3, 0.4) is 0 Å². The van der Waals surface area contributed by atoms with Gasteiger partial charge in [-0.3, -0.25) is 14.5 Å². The van der Waals surface area contributed by atoms with Crippen molar-refractivity contribution in [2.45, 2.75) is 33.4 Å². The minimum atomic E-state index is -0.358. The molecule has 26 heavy (non-hydrogen) atoms. The van der Waals surface area contributed by atoms with Crippen molar-refractivity contribution in [3.05, 3.63) is 50.7 Å². The molecule has 2 amide bonds. The summed E-state index contributed by atoms with van der Waals surface area (Å²) < 4.78 is 0.730. The van der Waals surface area contributed by atoms with Gasteiger partial charge in [0.2, 0.25) is 11.8 Å². The van der Waals surface area contributed by atoms with E-state index in [0.29, 0.717) is 6.54 Å². The third kappa shape index (κ3) is 5.56. The van der Waals surface area contributed by atoms with Crippen LogP contribution in [-0.4, -0.2) is 36.3 Å². The highest BCUT2D eigenvalue weighted by molar-refractivity contribution is 7.16. The van der Waals surface area contributed by atoms with Gasteiger partial charge in [-0.15, -0.1) is 11.3 Å². The molecular formula is C19H24ClN3O2S. The van der Waals surface area contributed by atoms with Crippen LogP contribution in [0, 0.1) is 13.8 Å². The van der Waals surface area contributed by atoms with Gasteiger partial charge in [0.15, 0.2) is 0 Å². The number of likely N-dealkylation sites (N-methyl/N-ethyl adjacent to an activating group) is 1. The van der Waals surface area contributed by atoms with Crippen molar-refractivity contribution >= 4 is 40.4 Å². The fourth-order valence-corrected chi connectivity index (χ4v) is 3.68. The van der Waals surface area contributed by atoms with E-state index in [2.05, 4.69) is 10.6 Å². The third-order valence-electron chi connectivity index (χ3n) is 4.24. The van der Waals surface area contributed by atoms with E-state index >= 15 is 0 Å². The molecule has 2 N–H and O–H groups in total. The Balaban J connectivity index is 1.84. The zero-order valence-electron chi connectivity index (χ0n) is 15.4. The molecule has 0 bridgehead atoms. The Kier molecular flexibility index (Phi) is 7.20. The lowest BCUT2D eigenvalue weighted by Gasteiger charge is -2.23. The largest absolute Gasteiger partial charge is 0.346 e. The number of carbonyl (C=O) groups is 2. The van der Waals surface area contributed by atoms with Crippen LogP contribution in [0.4, 0.5) is 5.69 Å². The first-order valence-corrected chi connectivity index (χ1v) is 9.55. The Hall–Kier alpha value is -1.89. The van der Waals surface area contributed by atoms with E-state index in [-0.39, 0.29) is 24.4 Å². The molecule has 0 spiro atoms. The summed E-state index contributed by atoms with van der Waals surface area (Å²) in [5.74, 6) is -0.428. The normalized spacial score (nSPS) is 12.1. The van der Waals surface area contributed by atoms with Gasteiger partial charge >= 0.3 is 0 Å². The van der Waals surface area contributed by atoms with Crippen molar-refractivity contribution < 1.29 is 9.59 Å². The number of halogens is 1. The first kappa shape index (κ1) is 20.4. The predicted molar refractivity (Wildman–Crippen MR) is 108 cm³/mol. The Morgan fingerprint density at radius 2 is 1.85 bits per heavy atom. The summed E-state index contributed by atoms with van der Waals surface area (Å²) in [4.78, 5) is 27.5. The lowest BCUT2D eigenvalue weighted by atomic mass is 10.1. The average Bonchev–Trinajstić information content (AvgIpc) is 3.00. The molecule has 2 rings (SSSR count). The van der Waals surface area contributed by atoms with E-state index in [1.54, 1.807) is 0 Å². The molecule has 5 nitrogen and oxygen atoms in total. The van der Waals surface area contributed by atoms with Crippen LogP contribution >= 0.6 is 22.9 Å². The molecule has 0 aliphatic heterocycles. The summed E-state index contributed by atoms with van der Waals surface area (Å²) in [5.41, 5.74) is 2.78. The van der Waals surface area contributed by atoms with Crippen LogP contribution in [0.25, 0.3) is 0 Å². The summed E-state index contributed by atoms with van der Waals surface area (Å²) in [6.07, 6.45) is 0. The van der Waals surface area contributed by atoms with Gasteiger partial charge in [-0.1, -0.05) is 29.8 Å². The Morgan fingerprint density at radius 1 is 1.19 bits per heavy atom. The number of hydrogen-bond acceptors (Lipinski definition) is 4. The van der Waals surface area contributed by atoms with E-state index < -0.39 is 0 Å². The molecule has 0 aliphatic rings. The standard InChI is InChI=1S/C19H24ClN3O2S/c1-12-6-5-7-13(2)18(12)22-17(24)10-21-19(25)14(3)23(4)11-15-8-9-16(20)26-15/h5-9,14H,10-11H2,1-4H3,(H,21,25)(H,22,24)/t14-/m1/s1. The monoisotopic (exact) mass is 393 g/mol. The number of anilines is 1. The number of rotatable bonds is 7. The molecule has 2 aromatic rings. The molecule has 7 heteroatoms. The second-order valence-electron chi connectivity index (χ2n) is 6.33. The second kappa shape index (κ2) is 9.16. The molecule has 140 valence electrons. The fourth-order valence-electron chi connectivity index (χ4n) is 2.53. The van der Waals surface area contributed by atoms with Gasteiger partial charge in [-0.2, -0.15) is 0 Å². The van der Waals surface area contributed by atoms with Crippen LogP contribution in [0.15, 0.2) is 30.3 Å². The van der Waals surface area contributed by atoms with Gasteiger partial charge in [0.05, 0.1) is 16.9 Å². The first-order chi connectivity index (χ1) is 12.3. The fraction of sp³-hybridized carbons (Fsp3) is 0.368. The summed E-state index contributed by atoms with van der Waals surface area (Å²) in [6, 6.07) is 9.26. The maximum atomic E-state index is 12.3. The molecule has 1 aromatic carbocycles. The van der Waals surface area contributed by atoms with Crippen molar-refractivity contribution in [2.24, 2.45) is 0 Å². The molecule has 0 saturated heterocycles. The highest BCUT2D eigenvalue weighted by Crippen LogP contribution is 2.23. The quantitative estimate of drug-likeness (QED) is 0.755. The number of nitrogens with one attached hydrogen (secondary N) is 2. The van der Waals surface area contributed by atoms with Crippen molar-refractivity contribution in [2.75, 3.05) is 18.9 Å². The second-order valence-corrected chi connectivity index (χ2v) is 8.13. The van der Waals surface area contributed by atoms with E-state index in [9.17, 15) is 9.59 Å². The molecule has 0 radical (unpaired) electrons. The van der Waals surface area contributed by atoms with Crippen molar-refractivity contribution in [1.82, 2.24) is 10.2 Å². The Bertz CT molecular complexity index is 771. The number of para-hydroxylation sites is 1. The summed E-state index contributed by atoms with van der Waals surface area (Å²) in [5, 5.41) is 5.56. The van der Waals surface area contributed by atoms with Crippen LogP contribution < -0.4 is 10.6 Å². The van der Waals surface area contributed by atoms with Gasteiger partial charge in [-0.25, -0.2) is 0 Å². The molecule has 0 unspecified atom stereocenters. The predicted octanol–water partition coefficient (Wildman–Crippen LogP) is 3.59. The SMILES string of the molecule is Cc1cccc(C)c1NC(=O)CNC(=O)[C@@H](C)N(C)Cc1ccc(Cl)s1. The van der Waals surface area contributed by atoms with Crippen LogP contribution in [0.5, 0.6) is 0 Å². The third-order valence-corrected chi connectivity index (χ3v) is 5.46. The molecule has 1 aromatic heterocycles. The van der Waals surface area contributed by atoms with Crippen LogP contribution in [0.1, 0.15) is 22.9 Å². The summed E-state index contributed by atoms with van der Waals surface area (Å²) in [6.45, 7) is 6.26. The average molecular weight is 394 g/mol. The zero-order chi connectivity index (χ0) is 19.3. The molecule has 0 aliphatic carbocycles. The van der Waals surface area contributed by atoms with Gasteiger partial charge in [-0.05, 0) is 51.1 Å². The first-order valence-electron chi connectivity index (χ1n) is 8.36. The number of hydrogen-bond donors (Lipinski definition) is 2. The molecule has 1 atom stereocenters. The minimum Gasteiger partial charge on any atom is -0.346 e. The van der Waals surface area contributed by atoms with Gasteiger partial charge in [0.1, 0.15) is 0 Å². The number of amides is 2. The Labute approximate surface area is 163 Å².